The molecule has 2 aromatic carbocycles. The molecule has 0 N–H and O–H groups in total. The average Bonchev–Trinajstić information content (AvgIpc) is 3.22. The van der Waals surface area contributed by atoms with Gasteiger partial charge in [0, 0.05) is 0 Å². The van der Waals surface area contributed by atoms with Crippen LogP contribution in [0.5, 0.6) is 0 Å². The quantitative estimate of drug-likeness (QED) is 0.318. The van der Waals surface area contributed by atoms with Gasteiger partial charge in [0.05, 0.1) is 0 Å². The molecule has 0 aliphatic heterocycles. The summed E-state index contributed by atoms with van der Waals surface area (Å²) in [4.78, 5) is 0. The second kappa shape index (κ2) is 8.66. The van der Waals surface area contributed by atoms with Crippen molar-refractivity contribution in [1.29, 1.82) is 0 Å². The minimum atomic E-state index is -3.46. The Balaban J connectivity index is 2.06. The first-order valence-corrected chi connectivity index (χ1v) is 27.9. The number of rotatable bonds is 7. The Bertz CT molecular complexity index is 1020. The zero-order valence-electron chi connectivity index (χ0n) is 21.7. The SMILES string of the molecule is CCCC1=C(C)c2ccccc2[CH]1[Zr]([CH3])([CH3])([CH]1C(CCC)=C(C)c2ccccc21)[SiH](C)C. The van der Waals surface area contributed by atoms with Crippen LogP contribution in [0, 0.1) is 0 Å². The maximum absolute atomic E-state index is 3.46. The molecule has 4 rings (SSSR count). The van der Waals surface area contributed by atoms with E-state index in [1.54, 1.807) is 33.4 Å². The van der Waals surface area contributed by atoms with E-state index >= 15 is 0 Å². The van der Waals surface area contributed by atoms with E-state index in [1.807, 2.05) is 11.1 Å². The van der Waals surface area contributed by atoms with Gasteiger partial charge < -0.3 is 0 Å². The molecule has 2 aliphatic carbocycles. The molecule has 0 bridgehead atoms. The van der Waals surface area contributed by atoms with E-state index in [0.717, 1.165) is 0 Å². The molecule has 0 saturated carbocycles. The Labute approximate surface area is 198 Å². The third-order valence-corrected chi connectivity index (χ3v) is 56.3. The van der Waals surface area contributed by atoms with Gasteiger partial charge in [-0.05, 0) is 0 Å². The molecule has 0 heterocycles. The van der Waals surface area contributed by atoms with Gasteiger partial charge in [-0.15, -0.1) is 0 Å². The molecule has 2 atom stereocenters. The predicted molar refractivity (Wildman–Crippen MR) is 144 cm³/mol. The summed E-state index contributed by atoms with van der Waals surface area (Å²) in [5.74, 6) is -0.980. The molecule has 0 radical (unpaired) electrons. The topological polar surface area (TPSA) is 0 Å². The Hall–Kier alpha value is -0.980. The standard InChI is InChI=1S/2C13H15.C2H7Si.2CH3.Zr/c2*1-3-6-11-9-12-7-4-5-8-13(12)10(11)2;1-3-2;;;/h2*4-5,7-9H,3,6H2,1-2H3;3H,1-2H3;2*1H3;. The van der Waals surface area contributed by atoms with Crippen LogP contribution in [0.3, 0.4) is 0 Å². The van der Waals surface area contributed by atoms with Crippen molar-refractivity contribution in [3.63, 3.8) is 0 Å². The number of hydrogen-bond donors (Lipinski definition) is 0. The van der Waals surface area contributed by atoms with E-state index in [2.05, 4.69) is 98.6 Å². The average molecular weight is 523 g/mol. The fourth-order valence-electron chi connectivity index (χ4n) is 7.45. The molecule has 0 spiro atoms. The van der Waals surface area contributed by atoms with E-state index in [1.165, 1.54) is 25.7 Å². The number of hydrogen-bond acceptors (Lipinski definition) is 0. The van der Waals surface area contributed by atoms with E-state index in [9.17, 15) is 0 Å². The summed E-state index contributed by atoms with van der Waals surface area (Å²) in [6.07, 6.45) is 5.02. The van der Waals surface area contributed by atoms with Gasteiger partial charge in [-0.1, -0.05) is 0 Å². The van der Waals surface area contributed by atoms with Crippen LogP contribution in [-0.2, 0) is 17.9 Å². The number of benzene rings is 2. The molecule has 0 amide bonds. The normalized spacial score (nSPS) is 21.7. The monoisotopic (exact) mass is 521 g/mol. The van der Waals surface area contributed by atoms with Crippen molar-refractivity contribution in [3.8, 4) is 0 Å². The van der Waals surface area contributed by atoms with Gasteiger partial charge in [0.2, 0.25) is 0 Å². The van der Waals surface area contributed by atoms with Gasteiger partial charge in [0.15, 0.2) is 0 Å². The van der Waals surface area contributed by atoms with Crippen LogP contribution >= 0.6 is 0 Å². The first kappa shape index (κ1) is 24.2. The minimum absolute atomic E-state index is 0.704. The van der Waals surface area contributed by atoms with E-state index in [-0.39, 0.29) is 0 Å². The van der Waals surface area contributed by atoms with Gasteiger partial charge in [-0.2, -0.15) is 0 Å². The second-order valence-corrected chi connectivity index (χ2v) is 49.6. The summed E-state index contributed by atoms with van der Waals surface area (Å²) in [5, 5.41) is 0. The Kier molecular flexibility index (Phi) is 6.54. The van der Waals surface area contributed by atoms with Crippen LogP contribution in [0.4, 0.5) is 0 Å². The van der Waals surface area contributed by atoms with Gasteiger partial charge >= 0.3 is 200 Å². The fraction of sp³-hybridized carbons (Fsp3) is 0.467. The molecular formula is C30H43SiZr. The molecular weight excluding hydrogens is 480 g/mol. The summed E-state index contributed by atoms with van der Waals surface area (Å²) >= 11 is -3.46. The predicted octanol–water partition coefficient (Wildman–Crippen LogP) is 9.41. The van der Waals surface area contributed by atoms with Gasteiger partial charge in [-0.25, -0.2) is 0 Å². The molecule has 0 nitrogen and oxygen atoms in total. The summed E-state index contributed by atoms with van der Waals surface area (Å²) in [7, 11) is 0. The third-order valence-electron chi connectivity index (χ3n) is 9.69. The number of allylic oxidation sites excluding steroid dienone is 4. The Morgan fingerprint density at radius 3 is 1.41 bits per heavy atom. The first-order valence-electron chi connectivity index (χ1n) is 13.0. The van der Waals surface area contributed by atoms with Crippen LogP contribution in [-0.4, -0.2) is 5.92 Å². The van der Waals surface area contributed by atoms with Crippen molar-refractivity contribution in [2.24, 2.45) is 0 Å². The molecule has 2 heteroatoms. The van der Waals surface area contributed by atoms with Crippen LogP contribution in [0.2, 0.25) is 22.4 Å². The zero-order chi connectivity index (χ0) is 23.3. The van der Waals surface area contributed by atoms with E-state index in [0.29, 0.717) is 7.25 Å². The third kappa shape index (κ3) is 3.31. The van der Waals surface area contributed by atoms with Crippen LogP contribution in [0.15, 0.2) is 59.7 Å². The van der Waals surface area contributed by atoms with Crippen molar-refractivity contribution in [3.05, 3.63) is 81.9 Å². The molecule has 171 valence electrons. The molecule has 0 aromatic heterocycles. The molecule has 32 heavy (non-hydrogen) atoms. The Morgan fingerprint density at radius 2 is 1.06 bits per heavy atom. The molecule has 0 saturated heterocycles. The molecule has 2 aromatic rings. The van der Waals surface area contributed by atoms with Crippen molar-refractivity contribution in [1.82, 2.24) is 0 Å². The summed E-state index contributed by atoms with van der Waals surface area (Å²) < 4.78 is 7.22. The summed E-state index contributed by atoms with van der Waals surface area (Å²) in [6, 6.07) is 19.0. The maximum atomic E-state index is 2.91. The second-order valence-electron chi connectivity index (χ2n) is 11.7. The molecule has 2 aliphatic rings. The van der Waals surface area contributed by atoms with Crippen molar-refractivity contribution in [2.75, 3.05) is 0 Å². The van der Waals surface area contributed by atoms with Crippen LogP contribution < -0.4 is 0 Å². The summed E-state index contributed by atoms with van der Waals surface area (Å²) in [5.41, 5.74) is 13.3. The molecule has 0 fully saturated rings. The van der Waals surface area contributed by atoms with E-state index < -0.39 is 23.9 Å². The Morgan fingerprint density at radius 1 is 0.688 bits per heavy atom. The van der Waals surface area contributed by atoms with Crippen molar-refractivity contribution in [2.45, 2.75) is 83.0 Å². The van der Waals surface area contributed by atoms with Crippen LogP contribution in [0.1, 0.15) is 82.9 Å². The fourth-order valence-corrected chi connectivity index (χ4v) is 37.2. The van der Waals surface area contributed by atoms with Gasteiger partial charge in [-0.3, -0.25) is 0 Å². The summed E-state index contributed by atoms with van der Waals surface area (Å²) in [6.45, 7) is 15.0. The van der Waals surface area contributed by atoms with Crippen molar-refractivity contribution >= 4 is 17.1 Å². The van der Waals surface area contributed by atoms with Crippen LogP contribution in [0.25, 0.3) is 11.1 Å². The van der Waals surface area contributed by atoms with Gasteiger partial charge in [0.1, 0.15) is 0 Å². The first-order chi connectivity index (χ1) is 15.2. The molecule has 2 unspecified atom stereocenters. The zero-order valence-corrected chi connectivity index (χ0v) is 25.3. The van der Waals surface area contributed by atoms with Gasteiger partial charge in [0.25, 0.3) is 0 Å². The van der Waals surface area contributed by atoms with Crippen molar-refractivity contribution < 1.29 is 17.9 Å². The van der Waals surface area contributed by atoms with E-state index in [4.69, 9.17) is 0 Å². The number of fused-ring (bicyclic) bond motifs is 2.